The first-order valence-corrected chi connectivity index (χ1v) is 8.90. The molecule has 0 fully saturated rings. The van der Waals surface area contributed by atoms with Crippen LogP contribution in [0.1, 0.15) is 24.5 Å². The second kappa shape index (κ2) is 7.50. The number of nitrogens with zero attached hydrogens (tertiary/aromatic N) is 3. The van der Waals surface area contributed by atoms with Crippen molar-refractivity contribution in [2.75, 3.05) is 36.7 Å². The molecule has 0 saturated carbocycles. The third kappa shape index (κ3) is 4.17. The van der Waals surface area contributed by atoms with Crippen molar-refractivity contribution in [3.8, 4) is 0 Å². The van der Waals surface area contributed by atoms with Gasteiger partial charge in [-0.15, -0.1) is 0 Å². The van der Waals surface area contributed by atoms with Crippen LogP contribution < -0.4 is 16.0 Å². The van der Waals surface area contributed by atoms with Crippen LogP contribution in [-0.4, -0.2) is 52.2 Å². The fourth-order valence-corrected chi connectivity index (χ4v) is 2.77. The quantitative estimate of drug-likeness (QED) is 0.578. The van der Waals surface area contributed by atoms with Gasteiger partial charge in [-0.2, -0.15) is 4.98 Å². The summed E-state index contributed by atoms with van der Waals surface area (Å²) >= 11 is 0. The van der Waals surface area contributed by atoms with Crippen molar-refractivity contribution in [1.29, 1.82) is 0 Å². The molecule has 0 radical (unpaired) electrons. The molecule has 3 rings (SSSR count). The molecular weight excluding hydrogens is 344 g/mol. The minimum absolute atomic E-state index is 0.0496. The van der Waals surface area contributed by atoms with E-state index in [2.05, 4.69) is 25.9 Å². The summed E-state index contributed by atoms with van der Waals surface area (Å²) in [6, 6.07) is 5.78. The van der Waals surface area contributed by atoms with Crippen LogP contribution >= 0.6 is 0 Å². The van der Waals surface area contributed by atoms with Crippen molar-refractivity contribution in [1.82, 2.24) is 14.9 Å². The lowest BCUT2D eigenvalue weighted by Crippen LogP contribution is -2.51. The van der Waals surface area contributed by atoms with Gasteiger partial charge in [-0.25, -0.2) is 4.98 Å². The van der Waals surface area contributed by atoms with Crippen molar-refractivity contribution in [3.05, 3.63) is 35.5 Å². The van der Waals surface area contributed by atoms with Gasteiger partial charge in [0.2, 0.25) is 11.9 Å². The van der Waals surface area contributed by atoms with Crippen LogP contribution in [0.4, 0.5) is 23.1 Å². The summed E-state index contributed by atoms with van der Waals surface area (Å²) in [5.41, 5.74) is 3.05. The van der Waals surface area contributed by atoms with Crippen molar-refractivity contribution < 1.29 is 9.90 Å². The molecule has 0 saturated heterocycles. The highest BCUT2D eigenvalue weighted by Crippen LogP contribution is 2.27. The number of aryl methyl sites for hydroxylation is 2. The predicted molar refractivity (Wildman–Crippen MR) is 106 cm³/mol. The highest BCUT2D eigenvalue weighted by atomic mass is 16.3. The Morgan fingerprint density at radius 3 is 2.81 bits per heavy atom. The topological polar surface area (TPSA) is 102 Å². The maximum atomic E-state index is 11.5. The molecule has 144 valence electrons. The lowest BCUT2D eigenvalue weighted by atomic mass is 10.0. The number of fused-ring (bicyclic) bond motifs is 1. The van der Waals surface area contributed by atoms with Crippen LogP contribution in [0, 0.1) is 6.92 Å². The van der Waals surface area contributed by atoms with Gasteiger partial charge in [-0.3, -0.25) is 9.69 Å². The number of hydrogen-bond donors (Lipinski definition) is 4. The van der Waals surface area contributed by atoms with Crippen LogP contribution in [0.3, 0.4) is 0 Å². The first kappa shape index (κ1) is 19.1. The van der Waals surface area contributed by atoms with E-state index in [1.54, 1.807) is 6.20 Å². The van der Waals surface area contributed by atoms with E-state index in [0.29, 0.717) is 18.2 Å². The average Bonchev–Trinajstić information content (AvgIpc) is 2.64. The van der Waals surface area contributed by atoms with Gasteiger partial charge in [-0.05, 0) is 58.1 Å². The van der Waals surface area contributed by atoms with Crippen LogP contribution in [0.5, 0.6) is 0 Å². The number of carbonyl (C=O) groups excluding carboxylic acids is 1. The number of benzene rings is 1. The van der Waals surface area contributed by atoms with Crippen LogP contribution in [0.2, 0.25) is 0 Å². The molecule has 8 heteroatoms. The van der Waals surface area contributed by atoms with Crippen LogP contribution in [0.15, 0.2) is 24.4 Å². The van der Waals surface area contributed by atoms with E-state index in [1.165, 1.54) is 0 Å². The second-order valence-electron chi connectivity index (χ2n) is 7.22. The van der Waals surface area contributed by atoms with Gasteiger partial charge in [0.05, 0.1) is 6.61 Å². The average molecular weight is 370 g/mol. The molecule has 0 aliphatic carbocycles. The summed E-state index contributed by atoms with van der Waals surface area (Å²) in [5.74, 6) is 1.17. The van der Waals surface area contributed by atoms with E-state index < -0.39 is 5.66 Å². The summed E-state index contributed by atoms with van der Waals surface area (Å²) in [6.45, 7) is 3.75. The third-order valence-corrected chi connectivity index (χ3v) is 4.91. The van der Waals surface area contributed by atoms with E-state index >= 15 is 0 Å². The first-order valence-electron chi connectivity index (χ1n) is 8.90. The number of aromatic nitrogens is 2. The number of likely N-dealkylation sites (N-methyl/N-ethyl adjacent to an activating group) is 1. The lowest BCUT2D eigenvalue weighted by Gasteiger charge is -2.36. The number of amides is 1. The summed E-state index contributed by atoms with van der Waals surface area (Å²) < 4.78 is 0. The SMILES string of the molecule is Cc1cnc(Nc2ccc3c(c2)CCC(=O)N3)nc1NC(C)(CO)N(C)C. The molecule has 1 aliphatic heterocycles. The summed E-state index contributed by atoms with van der Waals surface area (Å²) in [6.07, 6.45) is 2.95. The zero-order chi connectivity index (χ0) is 19.6. The van der Waals surface area contributed by atoms with Gasteiger partial charge in [0.25, 0.3) is 0 Å². The van der Waals surface area contributed by atoms with Gasteiger partial charge < -0.3 is 21.1 Å². The van der Waals surface area contributed by atoms with Crippen LogP contribution in [0.25, 0.3) is 0 Å². The monoisotopic (exact) mass is 370 g/mol. The highest BCUT2D eigenvalue weighted by molar-refractivity contribution is 5.94. The molecule has 2 heterocycles. The van der Waals surface area contributed by atoms with Gasteiger partial charge in [-0.1, -0.05) is 0 Å². The third-order valence-electron chi connectivity index (χ3n) is 4.91. The Kier molecular flexibility index (Phi) is 5.29. The molecule has 4 N–H and O–H groups in total. The standard InChI is InChI=1S/C19H26N6O2/c1-12-10-20-18(23-17(12)24-19(2,11-26)25(3)4)21-14-6-7-15-13(9-14)5-8-16(27)22-15/h6-7,9-10,26H,5,8,11H2,1-4H3,(H,22,27)(H2,20,21,23,24). The van der Waals surface area contributed by atoms with E-state index in [4.69, 9.17) is 0 Å². The number of nitrogens with one attached hydrogen (secondary N) is 3. The Morgan fingerprint density at radius 2 is 2.11 bits per heavy atom. The molecule has 1 aromatic heterocycles. The van der Waals surface area contributed by atoms with Crippen LogP contribution in [-0.2, 0) is 11.2 Å². The Hall–Kier alpha value is -2.71. The molecular formula is C19H26N6O2. The van der Waals surface area contributed by atoms with Gasteiger partial charge in [0.15, 0.2) is 0 Å². The Morgan fingerprint density at radius 1 is 1.33 bits per heavy atom. The number of carbonyl (C=O) groups is 1. The number of hydrogen-bond acceptors (Lipinski definition) is 7. The van der Waals surface area contributed by atoms with E-state index in [0.717, 1.165) is 28.9 Å². The molecule has 2 aromatic rings. The Labute approximate surface area is 159 Å². The fraction of sp³-hybridized carbons (Fsp3) is 0.421. The zero-order valence-electron chi connectivity index (χ0n) is 16.1. The van der Waals surface area contributed by atoms with Crippen molar-refractivity contribution in [2.45, 2.75) is 32.4 Å². The number of anilines is 4. The predicted octanol–water partition coefficient (Wildman–Crippen LogP) is 2.10. The van der Waals surface area contributed by atoms with E-state index in [9.17, 15) is 9.90 Å². The van der Waals surface area contributed by atoms with Crippen molar-refractivity contribution >= 4 is 29.0 Å². The van der Waals surface area contributed by atoms with Gasteiger partial charge >= 0.3 is 0 Å². The normalized spacial score (nSPS) is 15.7. The second-order valence-corrected chi connectivity index (χ2v) is 7.22. The molecule has 1 aromatic carbocycles. The molecule has 1 unspecified atom stereocenters. The molecule has 0 bridgehead atoms. The van der Waals surface area contributed by atoms with Crippen molar-refractivity contribution in [2.24, 2.45) is 0 Å². The maximum Gasteiger partial charge on any atom is 0.229 e. The molecule has 1 atom stereocenters. The van der Waals surface area contributed by atoms with E-state index in [-0.39, 0.29) is 12.5 Å². The highest BCUT2D eigenvalue weighted by Gasteiger charge is 2.27. The minimum Gasteiger partial charge on any atom is -0.393 e. The largest absolute Gasteiger partial charge is 0.393 e. The van der Waals surface area contributed by atoms with Crippen molar-refractivity contribution in [3.63, 3.8) is 0 Å². The lowest BCUT2D eigenvalue weighted by molar-refractivity contribution is -0.116. The summed E-state index contributed by atoms with van der Waals surface area (Å²) in [7, 11) is 3.79. The Balaban J connectivity index is 1.81. The first-order chi connectivity index (χ1) is 12.8. The van der Waals surface area contributed by atoms with Gasteiger partial charge in [0.1, 0.15) is 11.5 Å². The summed E-state index contributed by atoms with van der Waals surface area (Å²) in [5, 5.41) is 19.1. The zero-order valence-corrected chi connectivity index (χ0v) is 16.1. The molecule has 0 spiro atoms. The smallest absolute Gasteiger partial charge is 0.229 e. The maximum absolute atomic E-state index is 11.5. The summed E-state index contributed by atoms with van der Waals surface area (Å²) in [4.78, 5) is 22.3. The number of rotatable bonds is 6. The van der Waals surface area contributed by atoms with E-state index in [1.807, 2.05) is 51.0 Å². The van der Waals surface area contributed by atoms with Gasteiger partial charge in [0, 0.05) is 29.6 Å². The number of aliphatic hydroxyl groups excluding tert-OH is 1. The molecule has 1 aliphatic rings. The molecule has 27 heavy (non-hydrogen) atoms. The molecule has 1 amide bonds. The minimum atomic E-state index is -0.638. The Bertz CT molecular complexity index is 854. The number of aliphatic hydroxyl groups is 1. The molecule has 8 nitrogen and oxygen atoms in total. The fourth-order valence-electron chi connectivity index (χ4n) is 2.77.